The van der Waals surface area contributed by atoms with Gasteiger partial charge in [0.2, 0.25) is 0 Å². The number of hydrogen-bond donors (Lipinski definition) is 2. The summed E-state index contributed by atoms with van der Waals surface area (Å²) in [4.78, 5) is 24.6. The molecule has 2 amide bonds. The van der Waals surface area contributed by atoms with Crippen LogP contribution in [0.25, 0.3) is 0 Å². The van der Waals surface area contributed by atoms with Crippen LogP contribution >= 0.6 is 0 Å². The van der Waals surface area contributed by atoms with Gasteiger partial charge in [0, 0.05) is 19.6 Å². The molecule has 1 aliphatic rings. The minimum absolute atomic E-state index is 0.0297. The molecule has 0 aromatic carbocycles. The zero-order valence-corrected chi connectivity index (χ0v) is 13.6. The third kappa shape index (κ3) is 5.94. The van der Waals surface area contributed by atoms with Crippen LogP contribution < -0.4 is 5.32 Å². The van der Waals surface area contributed by atoms with Gasteiger partial charge in [-0.25, -0.2) is 4.79 Å². The first kappa shape index (κ1) is 17.8. The van der Waals surface area contributed by atoms with Crippen molar-refractivity contribution in [3.8, 4) is 0 Å². The van der Waals surface area contributed by atoms with Crippen LogP contribution in [0.4, 0.5) is 4.79 Å². The molecule has 1 rings (SSSR count). The van der Waals surface area contributed by atoms with Gasteiger partial charge in [0.05, 0.1) is 5.92 Å². The molecular weight excluding hydrogens is 268 g/mol. The number of carbonyl (C=O) groups excluding carboxylic acids is 1. The molecular formula is C16H30N2O3. The summed E-state index contributed by atoms with van der Waals surface area (Å²) in [6.07, 6.45) is 7.17. The van der Waals surface area contributed by atoms with E-state index in [1.54, 1.807) is 6.92 Å². The van der Waals surface area contributed by atoms with Crippen LogP contribution in [-0.2, 0) is 4.79 Å². The predicted molar refractivity (Wildman–Crippen MR) is 83.2 cm³/mol. The van der Waals surface area contributed by atoms with Crippen molar-refractivity contribution in [2.45, 2.75) is 64.8 Å². The monoisotopic (exact) mass is 298 g/mol. The average Bonchev–Trinajstić information content (AvgIpc) is 2.50. The summed E-state index contributed by atoms with van der Waals surface area (Å²) in [5.74, 6) is -0.287. The first-order valence-corrected chi connectivity index (χ1v) is 8.19. The Morgan fingerprint density at radius 3 is 2.43 bits per heavy atom. The van der Waals surface area contributed by atoms with Gasteiger partial charge in [0.15, 0.2) is 0 Å². The van der Waals surface area contributed by atoms with Crippen LogP contribution in [0.15, 0.2) is 0 Å². The molecule has 1 fully saturated rings. The Kier molecular flexibility index (Phi) is 7.54. The Balaban J connectivity index is 2.21. The number of carboxylic acid groups (broad SMARTS) is 1. The van der Waals surface area contributed by atoms with Crippen LogP contribution in [0.1, 0.15) is 58.8 Å². The van der Waals surface area contributed by atoms with Crippen molar-refractivity contribution in [3.05, 3.63) is 0 Å². The van der Waals surface area contributed by atoms with E-state index in [0.29, 0.717) is 25.4 Å². The van der Waals surface area contributed by atoms with Crippen molar-refractivity contribution in [2.24, 2.45) is 11.8 Å². The molecule has 0 radical (unpaired) electrons. The minimum atomic E-state index is -0.772. The molecule has 1 unspecified atom stereocenters. The van der Waals surface area contributed by atoms with E-state index in [2.05, 4.69) is 12.2 Å². The van der Waals surface area contributed by atoms with Crippen molar-refractivity contribution < 1.29 is 14.7 Å². The maximum atomic E-state index is 12.1. The van der Waals surface area contributed by atoms with E-state index in [1.165, 1.54) is 19.3 Å². The number of carbonyl (C=O) groups is 2. The van der Waals surface area contributed by atoms with Crippen molar-refractivity contribution in [3.63, 3.8) is 0 Å². The van der Waals surface area contributed by atoms with Crippen LogP contribution in [0.5, 0.6) is 0 Å². The SMILES string of the molecule is CCC1CCC(N(C)C(=O)NCCCC(C)C(=O)O)CC1. The molecule has 1 saturated carbocycles. The van der Waals surface area contributed by atoms with E-state index in [1.807, 2.05) is 11.9 Å². The molecule has 5 nitrogen and oxygen atoms in total. The van der Waals surface area contributed by atoms with Crippen LogP contribution in [0, 0.1) is 11.8 Å². The van der Waals surface area contributed by atoms with Gasteiger partial charge in [-0.05, 0) is 44.4 Å². The van der Waals surface area contributed by atoms with Gasteiger partial charge >= 0.3 is 12.0 Å². The third-order valence-corrected chi connectivity index (χ3v) is 4.77. The number of urea groups is 1. The fourth-order valence-electron chi connectivity index (χ4n) is 2.96. The van der Waals surface area contributed by atoms with Crippen LogP contribution in [0.2, 0.25) is 0 Å². The van der Waals surface area contributed by atoms with Gasteiger partial charge in [0.1, 0.15) is 0 Å². The lowest BCUT2D eigenvalue weighted by Crippen LogP contribution is -2.45. The largest absolute Gasteiger partial charge is 0.481 e. The van der Waals surface area contributed by atoms with E-state index < -0.39 is 5.97 Å². The highest BCUT2D eigenvalue weighted by Crippen LogP contribution is 2.28. The van der Waals surface area contributed by atoms with Gasteiger partial charge in [-0.3, -0.25) is 4.79 Å². The molecule has 122 valence electrons. The van der Waals surface area contributed by atoms with Gasteiger partial charge in [-0.15, -0.1) is 0 Å². The highest BCUT2D eigenvalue weighted by Gasteiger charge is 2.25. The highest BCUT2D eigenvalue weighted by molar-refractivity contribution is 5.74. The predicted octanol–water partition coefficient (Wildman–Crippen LogP) is 3.10. The summed E-state index contributed by atoms with van der Waals surface area (Å²) in [7, 11) is 1.87. The fourth-order valence-corrected chi connectivity index (χ4v) is 2.96. The molecule has 0 aliphatic heterocycles. The number of carboxylic acids is 1. The Morgan fingerprint density at radius 2 is 1.90 bits per heavy atom. The number of rotatable bonds is 7. The topological polar surface area (TPSA) is 69.6 Å². The fraction of sp³-hybridized carbons (Fsp3) is 0.875. The lowest BCUT2D eigenvalue weighted by atomic mass is 9.84. The summed E-state index contributed by atoms with van der Waals surface area (Å²) in [5, 5.41) is 11.7. The summed E-state index contributed by atoms with van der Waals surface area (Å²) < 4.78 is 0. The van der Waals surface area contributed by atoms with E-state index >= 15 is 0 Å². The van der Waals surface area contributed by atoms with Crippen LogP contribution in [-0.4, -0.2) is 41.6 Å². The highest BCUT2D eigenvalue weighted by atomic mass is 16.4. The van der Waals surface area contributed by atoms with E-state index in [9.17, 15) is 9.59 Å². The maximum Gasteiger partial charge on any atom is 0.317 e. The number of nitrogens with one attached hydrogen (secondary N) is 1. The molecule has 21 heavy (non-hydrogen) atoms. The van der Waals surface area contributed by atoms with Gasteiger partial charge < -0.3 is 15.3 Å². The first-order chi connectivity index (χ1) is 9.95. The second-order valence-electron chi connectivity index (χ2n) is 6.31. The van der Waals surface area contributed by atoms with Crippen molar-refractivity contribution >= 4 is 12.0 Å². The molecule has 0 spiro atoms. The molecule has 0 saturated heterocycles. The summed E-state index contributed by atoms with van der Waals surface area (Å²) in [6, 6.07) is 0.323. The van der Waals surface area contributed by atoms with E-state index in [0.717, 1.165) is 18.8 Å². The van der Waals surface area contributed by atoms with Crippen molar-refractivity contribution in [1.82, 2.24) is 10.2 Å². The van der Waals surface area contributed by atoms with Crippen molar-refractivity contribution in [2.75, 3.05) is 13.6 Å². The lowest BCUT2D eigenvalue weighted by Gasteiger charge is -2.34. The van der Waals surface area contributed by atoms with Crippen LogP contribution in [0.3, 0.4) is 0 Å². The van der Waals surface area contributed by atoms with Gasteiger partial charge in [-0.1, -0.05) is 20.3 Å². The zero-order valence-electron chi connectivity index (χ0n) is 13.6. The number of aliphatic carboxylic acids is 1. The maximum absolute atomic E-state index is 12.1. The normalized spacial score (nSPS) is 23.4. The lowest BCUT2D eigenvalue weighted by molar-refractivity contribution is -0.141. The van der Waals surface area contributed by atoms with E-state index in [-0.39, 0.29) is 11.9 Å². The third-order valence-electron chi connectivity index (χ3n) is 4.77. The van der Waals surface area contributed by atoms with E-state index in [4.69, 9.17) is 5.11 Å². The first-order valence-electron chi connectivity index (χ1n) is 8.19. The molecule has 0 heterocycles. The molecule has 1 atom stereocenters. The standard InChI is InChI=1S/C16H30N2O3/c1-4-13-7-9-14(10-8-13)18(3)16(21)17-11-5-6-12(2)15(19)20/h12-14H,4-11H2,1-3H3,(H,17,21)(H,19,20). The molecule has 2 N–H and O–H groups in total. The Morgan fingerprint density at radius 1 is 1.29 bits per heavy atom. The number of hydrogen-bond acceptors (Lipinski definition) is 2. The number of amides is 2. The molecule has 0 aromatic heterocycles. The minimum Gasteiger partial charge on any atom is -0.481 e. The molecule has 0 bridgehead atoms. The summed E-state index contributed by atoms with van der Waals surface area (Å²) >= 11 is 0. The zero-order chi connectivity index (χ0) is 15.8. The second kappa shape index (κ2) is 8.90. The Hall–Kier alpha value is -1.26. The second-order valence-corrected chi connectivity index (χ2v) is 6.31. The Bertz CT molecular complexity index is 338. The summed E-state index contributed by atoms with van der Waals surface area (Å²) in [5.41, 5.74) is 0. The van der Waals surface area contributed by atoms with Gasteiger partial charge in [0.25, 0.3) is 0 Å². The van der Waals surface area contributed by atoms with Crippen molar-refractivity contribution in [1.29, 1.82) is 0 Å². The number of nitrogens with zero attached hydrogens (tertiary/aromatic N) is 1. The molecule has 1 aliphatic carbocycles. The average molecular weight is 298 g/mol. The smallest absolute Gasteiger partial charge is 0.317 e. The quantitative estimate of drug-likeness (QED) is 0.710. The summed E-state index contributed by atoms with van der Waals surface area (Å²) in [6.45, 7) is 4.48. The Labute approximate surface area is 128 Å². The molecule has 5 heteroatoms. The van der Waals surface area contributed by atoms with Gasteiger partial charge in [-0.2, -0.15) is 0 Å². The molecule has 0 aromatic rings.